The molecule has 1 aliphatic rings. The van der Waals surface area contributed by atoms with Crippen LogP contribution in [0.15, 0.2) is 6.33 Å². The zero-order valence-corrected chi connectivity index (χ0v) is 11.4. The fourth-order valence-corrected chi connectivity index (χ4v) is 3.34. The van der Waals surface area contributed by atoms with Crippen molar-refractivity contribution in [3.63, 3.8) is 0 Å². The molecule has 0 aliphatic heterocycles. The van der Waals surface area contributed by atoms with Crippen molar-refractivity contribution in [2.75, 3.05) is 18.5 Å². The van der Waals surface area contributed by atoms with Crippen LogP contribution in [-0.4, -0.2) is 34.0 Å². The number of hydrogen-bond donors (Lipinski definition) is 1. The number of anilines is 1. The molecule has 0 amide bonds. The Bertz CT molecular complexity index is 561. The van der Waals surface area contributed by atoms with Gasteiger partial charge in [0.25, 0.3) is 0 Å². The summed E-state index contributed by atoms with van der Waals surface area (Å²) in [6, 6.07) is 0.401. The maximum Gasteiger partial charge on any atom is 0.149 e. The van der Waals surface area contributed by atoms with Crippen LogP contribution in [-0.2, 0) is 0 Å². The number of aryl methyl sites for hydroxylation is 1. The molecule has 2 N–H and O–H groups in total. The quantitative estimate of drug-likeness (QED) is 0.910. The van der Waals surface area contributed by atoms with Crippen LogP contribution in [0, 0.1) is 12.8 Å². The van der Waals surface area contributed by atoms with Crippen LogP contribution < -0.4 is 10.6 Å². The predicted octanol–water partition coefficient (Wildman–Crippen LogP) is 1.57. The molecule has 2 heterocycles. The van der Waals surface area contributed by atoms with Crippen molar-refractivity contribution in [2.45, 2.75) is 25.8 Å². The van der Waals surface area contributed by atoms with Crippen LogP contribution in [0.25, 0.3) is 10.2 Å². The Hall–Kier alpha value is -1.27. The van der Waals surface area contributed by atoms with Crippen LogP contribution in [0.1, 0.15) is 18.5 Å². The van der Waals surface area contributed by atoms with Gasteiger partial charge in [-0.3, -0.25) is 0 Å². The minimum atomic E-state index is 0.401. The van der Waals surface area contributed by atoms with E-state index in [0.29, 0.717) is 12.0 Å². The standard InChI is InChI=1S/C12H17N5S/c1-7-10-11(14-6-15-12(10)18-16-7)17(2)5-8-3-9(13)4-8/h6,8-9H,3-5,13H2,1-2H3. The molecular weight excluding hydrogens is 246 g/mol. The zero-order valence-electron chi connectivity index (χ0n) is 10.6. The Morgan fingerprint density at radius 2 is 2.22 bits per heavy atom. The fraction of sp³-hybridized carbons (Fsp3) is 0.583. The zero-order chi connectivity index (χ0) is 12.7. The molecule has 18 heavy (non-hydrogen) atoms. The lowest BCUT2D eigenvalue weighted by Crippen LogP contribution is -2.42. The van der Waals surface area contributed by atoms with Gasteiger partial charge in [-0.15, -0.1) is 0 Å². The maximum absolute atomic E-state index is 5.83. The van der Waals surface area contributed by atoms with E-state index in [0.717, 1.165) is 41.1 Å². The monoisotopic (exact) mass is 263 g/mol. The number of nitrogens with two attached hydrogens (primary N) is 1. The molecule has 3 rings (SSSR count). The fourth-order valence-electron chi connectivity index (χ4n) is 2.60. The first-order valence-corrected chi connectivity index (χ1v) is 6.96. The van der Waals surface area contributed by atoms with E-state index in [2.05, 4.69) is 26.3 Å². The Morgan fingerprint density at radius 3 is 2.94 bits per heavy atom. The summed E-state index contributed by atoms with van der Waals surface area (Å²) in [4.78, 5) is 11.9. The molecule has 6 heteroatoms. The summed E-state index contributed by atoms with van der Waals surface area (Å²) in [6.45, 7) is 3.02. The lowest BCUT2D eigenvalue weighted by molar-refractivity contribution is 0.271. The molecule has 0 atom stereocenters. The van der Waals surface area contributed by atoms with Gasteiger partial charge in [0.1, 0.15) is 17.0 Å². The Kier molecular flexibility index (Phi) is 2.91. The predicted molar refractivity (Wildman–Crippen MR) is 73.9 cm³/mol. The van der Waals surface area contributed by atoms with Gasteiger partial charge in [-0.2, -0.15) is 4.37 Å². The van der Waals surface area contributed by atoms with Crippen LogP contribution in [0.4, 0.5) is 5.82 Å². The van der Waals surface area contributed by atoms with Crippen molar-refractivity contribution in [2.24, 2.45) is 11.7 Å². The number of hydrogen-bond acceptors (Lipinski definition) is 6. The van der Waals surface area contributed by atoms with Gasteiger partial charge in [0.2, 0.25) is 0 Å². The molecule has 2 aromatic rings. The third kappa shape index (κ3) is 1.95. The summed E-state index contributed by atoms with van der Waals surface area (Å²) in [6.07, 6.45) is 3.87. The van der Waals surface area contributed by atoms with E-state index in [-0.39, 0.29) is 0 Å². The summed E-state index contributed by atoms with van der Waals surface area (Å²) in [5.41, 5.74) is 6.85. The van der Waals surface area contributed by atoms with Gasteiger partial charge in [-0.25, -0.2) is 9.97 Å². The molecule has 1 saturated carbocycles. The van der Waals surface area contributed by atoms with Crippen LogP contribution in [0.5, 0.6) is 0 Å². The van der Waals surface area contributed by atoms with Crippen LogP contribution in [0.2, 0.25) is 0 Å². The summed E-state index contributed by atoms with van der Waals surface area (Å²) in [5, 5.41) is 1.09. The molecule has 0 bridgehead atoms. The van der Waals surface area contributed by atoms with E-state index < -0.39 is 0 Å². The molecule has 5 nitrogen and oxygen atoms in total. The highest BCUT2D eigenvalue weighted by Gasteiger charge is 2.27. The van der Waals surface area contributed by atoms with Crippen molar-refractivity contribution < 1.29 is 0 Å². The lowest BCUT2D eigenvalue weighted by atomic mass is 9.80. The SMILES string of the molecule is Cc1nsc2ncnc(N(C)CC3CC(N)C3)c12. The van der Waals surface area contributed by atoms with Crippen molar-refractivity contribution in [3.05, 3.63) is 12.0 Å². The minimum absolute atomic E-state index is 0.401. The van der Waals surface area contributed by atoms with Gasteiger partial charge in [-0.05, 0) is 37.2 Å². The topological polar surface area (TPSA) is 67.9 Å². The van der Waals surface area contributed by atoms with Gasteiger partial charge in [-0.1, -0.05) is 0 Å². The first-order chi connectivity index (χ1) is 8.65. The smallest absolute Gasteiger partial charge is 0.149 e. The Labute approximate surface area is 110 Å². The maximum atomic E-state index is 5.83. The van der Waals surface area contributed by atoms with Crippen molar-refractivity contribution in [1.82, 2.24) is 14.3 Å². The molecule has 2 aromatic heterocycles. The van der Waals surface area contributed by atoms with E-state index >= 15 is 0 Å². The molecule has 1 fully saturated rings. The Balaban J connectivity index is 1.86. The summed E-state index contributed by atoms with van der Waals surface area (Å²) in [7, 11) is 2.09. The minimum Gasteiger partial charge on any atom is -0.359 e. The molecule has 0 aromatic carbocycles. The second kappa shape index (κ2) is 4.44. The largest absolute Gasteiger partial charge is 0.359 e. The average molecular weight is 263 g/mol. The van der Waals surface area contributed by atoms with Crippen molar-refractivity contribution in [3.8, 4) is 0 Å². The summed E-state index contributed by atoms with van der Waals surface area (Å²) < 4.78 is 4.36. The third-order valence-electron chi connectivity index (χ3n) is 3.59. The van der Waals surface area contributed by atoms with Gasteiger partial charge < -0.3 is 10.6 Å². The number of nitrogens with zero attached hydrogens (tertiary/aromatic N) is 4. The van der Waals surface area contributed by atoms with E-state index in [4.69, 9.17) is 5.73 Å². The van der Waals surface area contributed by atoms with Crippen LogP contribution >= 0.6 is 11.5 Å². The molecule has 0 saturated heterocycles. The highest BCUT2D eigenvalue weighted by Crippen LogP contribution is 2.31. The van der Waals surface area contributed by atoms with E-state index in [1.165, 1.54) is 11.5 Å². The molecule has 0 unspecified atom stereocenters. The van der Waals surface area contributed by atoms with Gasteiger partial charge in [0.15, 0.2) is 0 Å². The van der Waals surface area contributed by atoms with Gasteiger partial charge in [0, 0.05) is 19.6 Å². The summed E-state index contributed by atoms with van der Waals surface area (Å²) >= 11 is 1.44. The highest BCUT2D eigenvalue weighted by atomic mass is 32.1. The number of fused-ring (bicyclic) bond motifs is 1. The molecule has 0 radical (unpaired) electrons. The van der Waals surface area contributed by atoms with Gasteiger partial charge in [0.05, 0.1) is 11.1 Å². The van der Waals surface area contributed by atoms with Crippen molar-refractivity contribution >= 4 is 27.6 Å². The van der Waals surface area contributed by atoms with Crippen LogP contribution in [0.3, 0.4) is 0 Å². The molecule has 96 valence electrons. The Morgan fingerprint density at radius 1 is 1.44 bits per heavy atom. The average Bonchev–Trinajstić information content (AvgIpc) is 2.69. The second-order valence-corrected chi connectivity index (χ2v) is 5.88. The first-order valence-electron chi connectivity index (χ1n) is 6.19. The van der Waals surface area contributed by atoms with E-state index in [1.54, 1.807) is 6.33 Å². The van der Waals surface area contributed by atoms with E-state index in [1.807, 2.05) is 6.92 Å². The van der Waals surface area contributed by atoms with E-state index in [9.17, 15) is 0 Å². The second-order valence-electron chi connectivity index (χ2n) is 5.12. The molecule has 1 aliphatic carbocycles. The molecule has 0 spiro atoms. The summed E-state index contributed by atoms with van der Waals surface area (Å²) in [5.74, 6) is 1.69. The van der Waals surface area contributed by atoms with Crippen molar-refractivity contribution in [1.29, 1.82) is 0 Å². The first kappa shape index (κ1) is 11.8. The highest BCUT2D eigenvalue weighted by molar-refractivity contribution is 7.13. The number of aromatic nitrogens is 3. The number of rotatable bonds is 3. The van der Waals surface area contributed by atoms with Gasteiger partial charge >= 0.3 is 0 Å². The third-order valence-corrected chi connectivity index (χ3v) is 4.44. The molecular formula is C12H17N5S. The normalized spacial score (nSPS) is 23.1. The lowest BCUT2D eigenvalue weighted by Gasteiger charge is -2.35.